The number of piperazine rings is 1. The number of carbonyl (C=O) groups is 1. The molecule has 0 aromatic heterocycles. The number of halogens is 4. The Hall–Kier alpha value is -1.27. The summed E-state index contributed by atoms with van der Waals surface area (Å²) in [5.41, 5.74) is 0.0381. The van der Waals surface area contributed by atoms with Crippen LogP contribution in [0.5, 0.6) is 0 Å². The van der Waals surface area contributed by atoms with Crippen molar-refractivity contribution < 1.29 is 18.0 Å². The lowest BCUT2D eigenvalue weighted by Gasteiger charge is -2.27. The SMILES string of the molecule is Cl.O=C1CNCCN1Cc1ccc(C(F)(F)F)cc1. The van der Waals surface area contributed by atoms with E-state index in [9.17, 15) is 18.0 Å². The molecular weight excluding hydrogens is 281 g/mol. The number of nitrogens with one attached hydrogen (secondary N) is 1. The number of amides is 1. The molecule has 0 bridgehead atoms. The molecule has 0 aliphatic carbocycles. The maximum Gasteiger partial charge on any atom is 0.416 e. The Bertz CT molecular complexity index is 434. The third kappa shape index (κ3) is 4.11. The Morgan fingerprint density at radius 3 is 2.37 bits per heavy atom. The van der Waals surface area contributed by atoms with Crippen molar-refractivity contribution in [1.82, 2.24) is 10.2 Å². The average molecular weight is 295 g/mol. The van der Waals surface area contributed by atoms with E-state index in [1.165, 1.54) is 12.1 Å². The van der Waals surface area contributed by atoms with Crippen molar-refractivity contribution in [2.75, 3.05) is 19.6 Å². The van der Waals surface area contributed by atoms with Crippen LogP contribution in [0.15, 0.2) is 24.3 Å². The quantitative estimate of drug-likeness (QED) is 0.905. The van der Waals surface area contributed by atoms with Crippen LogP contribution in [0.25, 0.3) is 0 Å². The number of alkyl halides is 3. The van der Waals surface area contributed by atoms with E-state index in [1.54, 1.807) is 4.90 Å². The highest BCUT2D eigenvalue weighted by molar-refractivity contribution is 5.85. The molecule has 0 atom stereocenters. The molecular formula is C12H14ClF3N2O. The van der Waals surface area contributed by atoms with Gasteiger partial charge in [0.1, 0.15) is 0 Å². The molecule has 0 spiro atoms. The summed E-state index contributed by atoms with van der Waals surface area (Å²) >= 11 is 0. The first-order valence-electron chi connectivity index (χ1n) is 5.61. The van der Waals surface area contributed by atoms with Gasteiger partial charge in [-0.2, -0.15) is 13.2 Å². The van der Waals surface area contributed by atoms with Crippen molar-refractivity contribution in [3.05, 3.63) is 35.4 Å². The molecule has 0 saturated carbocycles. The monoisotopic (exact) mass is 294 g/mol. The van der Waals surface area contributed by atoms with Gasteiger partial charge in [-0.1, -0.05) is 12.1 Å². The van der Waals surface area contributed by atoms with Gasteiger partial charge in [0.05, 0.1) is 12.1 Å². The van der Waals surface area contributed by atoms with E-state index in [4.69, 9.17) is 0 Å². The molecule has 7 heteroatoms. The first-order chi connectivity index (χ1) is 8.47. The van der Waals surface area contributed by atoms with Crippen molar-refractivity contribution in [2.45, 2.75) is 12.7 Å². The summed E-state index contributed by atoms with van der Waals surface area (Å²) in [7, 11) is 0. The molecule has 1 aliphatic rings. The molecule has 0 unspecified atom stereocenters. The molecule has 1 saturated heterocycles. The lowest BCUT2D eigenvalue weighted by atomic mass is 10.1. The summed E-state index contributed by atoms with van der Waals surface area (Å²) in [6.07, 6.45) is -4.32. The second-order valence-electron chi connectivity index (χ2n) is 4.19. The van der Waals surface area contributed by atoms with Crippen LogP contribution in [-0.2, 0) is 17.5 Å². The minimum atomic E-state index is -4.32. The third-order valence-electron chi connectivity index (χ3n) is 2.84. The Kier molecular flexibility index (Phi) is 5.20. The number of hydrogen-bond donors (Lipinski definition) is 1. The molecule has 1 aromatic rings. The molecule has 1 fully saturated rings. The molecule has 106 valence electrons. The lowest BCUT2D eigenvalue weighted by molar-refractivity contribution is -0.137. The Labute approximate surface area is 115 Å². The highest BCUT2D eigenvalue weighted by Crippen LogP contribution is 2.29. The number of benzene rings is 1. The number of nitrogens with zero attached hydrogens (tertiary/aromatic N) is 1. The molecule has 19 heavy (non-hydrogen) atoms. The minimum absolute atomic E-state index is 0. The molecule has 1 amide bonds. The maximum atomic E-state index is 12.4. The normalized spacial score (nSPS) is 16.2. The number of rotatable bonds is 2. The van der Waals surface area contributed by atoms with Crippen molar-refractivity contribution in [3.63, 3.8) is 0 Å². The van der Waals surface area contributed by atoms with Crippen LogP contribution in [0.3, 0.4) is 0 Å². The van der Waals surface area contributed by atoms with Crippen LogP contribution in [0.1, 0.15) is 11.1 Å². The van der Waals surface area contributed by atoms with Crippen LogP contribution in [0.4, 0.5) is 13.2 Å². The predicted octanol–water partition coefficient (Wildman–Crippen LogP) is 2.06. The largest absolute Gasteiger partial charge is 0.416 e. The van der Waals surface area contributed by atoms with E-state index in [1.807, 2.05) is 0 Å². The van der Waals surface area contributed by atoms with Gasteiger partial charge in [0, 0.05) is 19.6 Å². The Morgan fingerprint density at radius 1 is 1.21 bits per heavy atom. The van der Waals surface area contributed by atoms with Gasteiger partial charge in [-0.05, 0) is 17.7 Å². The van der Waals surface area contributed by atoms with Crippen molar-refractivity contribution in [1.29, 1.82) is 0 Å². The zero-order valence-corrected chi connectivity index (χ0v) is 10.9. The van der Waals surface area contributed by atoms with E-state index in [0.717, 1.165) is 12.1 Å². The van der Waals surface area contributed by atoms with E-state index in [-0.39, 0.29) is 18.3 Å². The molecule has 1 aliphatic heterocycles. The van der Waals surface area contributed by atoms with Crippen molar-refractivity contribution in [2.24, 2.45) is 0 Å². The zero-order valence-electron chi connectivity index (χ0n) is 10.0. The van der Waals surface area contributed by atoms with Crippen LogP contribution >= 0.6 is 12.4 Å². The maximum absolute atomic E-state index is 12.4. The number of carbonyl (C=O) groups excluding carboxylic acids is 1. The highest BCUT2D eigenvalue weighted by Gasteiger charge is 2.30. The van der Waals surface area contributed by atoms with Gasteiger partial charge < -0.3 is 10.2 Å². The summed E-state index contributed by atoms with van der Waals surface area (Å²) in [5.74, 6) is -0.0267. The fourth-order valence-corrected chi connectivity index (χ4v) is 1.83. The van der Waals surface area contributed by atoms with Gasteiger partial charge in [-0.25, -0.2) is 0 Å². The highest BCUT2D eigenvalue weighted by atomic mass is 35.5. The molecule has 3 nitrogen and oxygen atoms in total. The molecule has 1 N–H and O–H groups in total. The smallest absolute Gasteiger partial charge is 0.336 e. The van der Waals surface area contributed by atoms with Crippen molar-refractivity contribution >= 4 is 18.3 Å². The summed E-state index contributed by atoms with van der Waals surface area (Å²) < 4.78 is 37.1. The van der Waals surface area contributed by atoms with Gasteiger partial charge in [-0.3, -0.25) is 4.79 Å². The van der Waals surface area contributed by atoms with Crippen LogP contribution in [-0.4, -0.2) is 30.4 Å². The summed E-state index contributed by atoms with van der Waals surface area (Å²) in [4.78, 5) is 13.1. The summed E-state index contributed by atoms with van der Waals surface area (Å²) in [5, 5.41) is 2.94. The fourth-order valence-electron chi connectivity index (χ4n) is 1.83. The third-order valence-corrected chi connectivity index (χ3v) is 2.84. The van der Waals surface area contributed by atoms with E-state index in [0.29, 0.717) is 31.7 Å². The Balaban J connectivity index is 0.00000180. The van der Waals surface area contributed by atoms with E-state index in [2.05, 4.69) is 5.32 Å². The van der Waals surface area contributed by atoms with E-state index >= 15 is 0 Å². The summed E-state index contributed by atoms with van der Waals surface area (Å²) in [6, 6.07) is 4.92. The molecule has 0 radical (unpaired) electrons. The second kappa shape index (κ2) is 6.25. The topological polar surface area (TPSA) is 32.3 Å². The first kappa shape index (κ1) is 15.8. The number of hydrogen-bond acceptors (Lipinski definition) is 2. The molecule has 1 heterocycles. The van der Waals surface area contributed by atoms with Crippen LogP contribution in [0, 0.1) is 0 Å². The van der Waals surface area contributed by atoms with Crippen LogP contribution in [0.2, 0.25) is 0 Å². The first-order valence-corrected chi connectivity index (χ1v) is 5.61. The van der Waals surface area contributed by atoms with Gasteiger partial charge in [0.25, 0.3) is 0 Å². The van der Waals surface area contributed by atoms with Gasteiger partial charge in [-0.15, -0.1) is 12.4 Å². The minimum Gasteiger partial charge on any atom is -0.336 e. The second-order valence-corrected chi connectivity index (χ2v) is 4.19. The van der Waals surface area contributed by atoms with E-state index < -0.39 is 11.7 Å². The van der Waals surface area contributed by atoms with Crippen LogP contribution < -0.4 is 5.32 Å². The fraction of sp³-hybridized carbons (Fsp3) is 0.417. The predicted molar refractivity (Wildman–Crippen MR) is 67.0 cm³/mol. The van der Waals surface area contributed by atoms with Gasteiger partial charge >= 0.3 is 6.18 Å². The standard InChI is InChI=1S/C12H13F3N2O.ClH/c13-12(14,15)10-3-1-9(2-4-10)8-17-6-5-16-7-11(17)18;/h1-4,16H,5-8H2;1H. The summed E-state index contributed by atoms with van der Waals surface area (Å²) in [6.45, 7) is 1.95. The van der Waals surface area contributed by atoms with Crippen molar-refractivity contribution in [3.8, 4) is 0 Å². The van der Waals surface area contributed by atoms with Gasteiger partial charge in [0.2, 0.25) is 5.91 Å². The average Bonchev–Trinajstić information content (AvgIpc) is 2.32. The Morgan fingerprint density at radius 2 is 1.84 bits per heavy atom. The van der Waals surface area contributed by atoms with Gasteiger partial charge in [0.15, 0.2) is 0 Å². The molecule has 1 aromatic carbocycles. The molecule has 2 rings (SSSR count). The zero-order chi connectivity index (χ0) is 13.2. The lowest BCUT2D eigenvalue weighted by Crippen LogP contribution is -2.47.